The third-order valence-electron chi connectivity index (χ3n) is 3.75. The Morgan fingerprint density at radius 3 is 2.40 bits per heavy atom. The number of rotatable bonds is 10. The predicted molar refractivity (Wildman–Crippen MR) is 113 cm³/mol. The van der Waals surface area contributed by atoms with E-state index in [9.17, 15) is 4.79 Å². The number of nitrogens with two attached hydrogens (primary N) is 1. The number of unbranched alkanes of at least 4 members (excludes halogenated alkanes) is 2. The number of nitrogens with one attached hydrogen (secondary N) is 1. The number of halogens is 1. The van der Waals surface area contributed by atoms with Crippen LogP contribution in [0.1, 0.15) is 25.7 Å². The van der Waals surface area contributed by atoms with Crippen molar-refractivity contribution in [3.05, 3.63) is 54.6 Å². The molecule has 0 aliphatic rings. The first-order chi connectivity index (χ1) is 11.8. The summed E-state index contributed by atoms with van der Waals surface area (Å²) in [5.74, 6) is 2.04. The summed E-state index contributed by atoms with van der Waals surface area (Å²) in [6.45, 7) is 0.772. The van der Waals surface area contributed by atoms with Gasteiger partial charge in [-0.3, -0.25) is 4.79 Å². The van der Waals surface area contributed by atoms with Gasteiger partial charge in [0.15, 0.2) is 0 Å². The van der Waals surface area contributed by atoms with Crippen molar-refractivity contribution in [3.63, 3.8) is 0 Å². The average molecular weight is 379 g/mol. The van der Waals surface area contributed by atoms with Crippen LogP contribution in [0.4, 0.5) is 5.69 Å². The summed E-state index contributed by atoms with van der Waals surface area (Å²) in [5, 5.41) is 3.05. The molecule has 0 aromatic heterocycles. The van der Waals surface area contributed by atoms with Gasteiger partial charge in [-0.1, -0.05) is 55.0 Å². The van der Waals surface area contributed by atoms with Crippen molar-refractivity contribution < 1.29 is 4.79 Å². The van der Waals surface area contributed by atoms with Crippen LogP contribution in [0.3, 0.4) is 0 Å². The highest BCUT2D eigenvalue weighted by molar-refractivity contribution is 7.99. The molecule has 2 rings (SSSR count). The highest BCUT2D eigenvalue weighted by atomic mass is 35.5. The van der Waals surface area contributed by atoms with E-state index in [0.29, 0.717) is 6.42 Å². The zero-order valence-electron chi connectivity index (χ0n) is 14.4. The van der Waals surface area contributed by atoms with Crippen molar-refractivity contribution >= 4 is 35.8 Å². The fourth-order valence-electron chi connectivity index (χ4n) is 2.47. The standard InChI is InChI=1S/C20H26N2OS.ClH/c21-14-7-2-8-15-24-16-13-20(23)22-19-12-6-5-11-18(19)17-9-3-1-4-10-17;/h1,3-6,9-12H,2,7-8,13-16,21H2,(H,22,23);1H. The molecule has 1 amide bonds. The number of hydrogen-bond acceptors (Lipinski definition) is 3. The maximum atomic E-state index is 12.2. The Bertz CT molecular complexity index is 622. The quantitative estimate of drug-likeness (QED) is 0.574. The van der Waals surface area contributed by atoms with Gasteiger partial charge in [0.25, 0.3) is 0 Å². The number of thioether (sulfide) groups is 1. The Balaban J connectivity index is 0.00000312. The molecule has 0 radical (unpaired) electrons. The summed E-state index contributed by atoms with van der Waals surface area (Å²) in [6.07, 6.45) is 4.00. The van der Waals surface area contributed by atoms with Crippen LogP contribution in [0, 0.1) is 0 Å². The van der Waals surface area contributed by atoms with Gasteiger partial charge in [0, 0.05) is 23.4 Å². The van der Waals surface area contributed by atoms with Crippen LogP contribution >= 0.6 is 24.2 Å². The van der Waals surface area contributed by atoms with Gasteiger partial charge in [-0.05, 0) is 36.8 Å². The lowest BCUT2D eigenvalue weighted by Gasteiger charge is -2.11. The smallest absolute Gasteiger partial charge is 0.225 e. The molecule has 2 aromatic carbocycles. The van der Waals surface area contributed by atoms with Gasteiger partial charge < -0.3 is 11.1 Å². The minimum Gasteiger partial charge on any atom is -0.330 e. The maximum Gasteiger partial charge on any atom is 0.225 e. The molecular weight excluding hydrogens is 352 g/mol. The first-order valence-electron chi connectivity index (χ1n) is 8.53. The summed E-state index contributed by atoms with van der Waals surface area (Å²) in [7, 11) is 0. The molecule has 5 heteroatoms. The highest BCUT2D eigenvalue weighted by Crippen LogP contribution is 2.27. The summed E-state index contributed by atoms with van der Waals surface area (Å²) in [4.78, 5) is 12.2. The van der Waals surface area contributed by atoms with Gasteiger partial charge in [0.2, 0.25) is 5.91 Å². The Kier molecular flexibility index (Phi) is 11.0. The normalized spacial score (nSPS) is 10.1. The van der Waals surface area contributed by atoms with E-state index in [1.165, 1.54) is 12.8 Å². The second-order valence-corrected chi connectivity index (χ2v) is 6.90. The maximum absolute atomic E-state index is 12.2. The number of benzene rings is 2. The minimum atomic E-state index is 0. The minimum absolute atomic E-state index is 0. The molecule has 136 valence electrons. The number of anilines is 1. The molecule has 25 heavy (non-hydrogen) atoms. The largest absolute Gasteiger partial charge is 0.330 e. The molecule has 0 saturated heterocycles. The van der Waals surface area contributed by atoms with Crippen molar-refractivity contribution in [3.8, 4) is 11.1 Å². The molecule has 0 bridgehead atoms. The van der Waals surface area contributed by atoms with Crippen LogP contribution in [0.25, 0.3) is 11.1 Å². The molecular formula is C20H27ClN2OS. The monoisotopic (exact) mass is 378 g/mol. The van der Waals surface area contributed by atoms with Crippen LogP contribution in [-0.2, 0) is 4.79 Å². The third-order valence-corrected chi connectivity index (χ3v) is 4.82. The Morgan fingerprint density at radius 2 is 1.64 bits per heavy atom. The molecule has 0 saturated carbocycles. The van der Waals surface area contributed by atoms with Gasteiger partial charge in [-0.2, -0.15) is 11.8 Å². The number of carbonyl (C=O) groups is 1. The van der Waals surface area contributed by atoms with E-state index in [1.807, 2.05) is 54.2 Å². The second-order valence-electron chi connectivity index (χ2n) is 5.67. The number of carbonyl (C=O) groups excluding carboxylic acids is 1. The lowest BCUT2D eigenvalue weighted by Crippen LogP contribution is -2.13. The number of hydrogen-bond donors (Lipinski definition) is 2. The fourth-order valence-corrected chi connectivity index (χ4v) is 3.41. The van der Waals surface area contributed by atoms with Gasteiger partial charge in [0.1, 0.15) is 0 Å². The second kappa shape index (κ2) is 12.8. The van der Waals surface area contributed by atoms with E-state index in [1.54, 1.807) is 0 Å². The van der Waals surface area contributed by atoms with Gasteiger partial charge >= 0.3 is 0 Å². The molecule has 0 unspecified atom stereocenters. The molecule has 0 fully saturated rings. The van der Waals surface area contributed by atoms with Crippen LogP contribution in [0.5, 0.6) is 0 Å². The van der Waals surface area contributed by atoms with Crippen molar-refractivity contribution in [2.75, 3.05) is 23.4 Å². The van der Waals surface area contributed by atoms with Gasteiger partial charge in [-0.15, -0.1) is 12.4 Å². The van der Waals surface area contributed by atoms with Crippen molar-refractivity contribution in [1.82, 2.24) is 0 Å². The van der Waals surface area contributed by atoms with E-state index < -0.39 is 0 Å². The van der Waals surface area contributed by atoms with Crippen molar-refractivity contribution in [1.29, 1.82) is 0 Å². The van der Waals surface area contributed by atoms with Crippen LogP contribution in [0.15, 0.2) is 54.6 Å². The lowest BCUT2D eigenvalue weighted by atomic mass is 10.0. The molecule has 2 aromatic rings. The predicted octanol–water partition coefficient (Wildman–Crippen LogP) is 4.97. The van der Waals surface area contributed by atoms with E-state index in [-0.39, 0.29) is 18.3 Å². The molecule has 0 heterocycles. The third kappa shape index (κ3) is 7.95. The molecule has 0 aliphatic heterocycles. The zero-order valence-corrected chi connectivity index (χ0v) is 16.1. The number of amides is 1. The first kappa shape index (κ1) is 21.6. The summed E-state index contributed by atoms with van der Waals surface area (Å²) in [5.41, 5.74) is 8.52. The van der Waals surface area contributed by atoms with Gasteiger partial charge in [-0.25, -0.2) is 0 Å². The van der Waals surface area contributed by atoms with E-state index >= 15 is 0 Å². The Labute approximate surface area is 161 Å². The highest BCUT2D eigenvalue weighted by Gasteiger charge is 2.08. The summed E-state index contributed by atoms with van der Waals surface area (Å²) >= 11 is 1.84. The van der Waals surface area contributed by atoms with Gasteiger partial charge in [0.05, 0.1) is 0 Å². The van der Waals surface area contributed by atoms with Crippen LogP contribution in [0.2, 0.25) is 0 Å². The van der Waals surface area contributed by atoms with Crippen LogP contribution in [-0.4, -0.2) is 24.0 Å². The lowest BCUT2D eigenvalue weighted by molar-refractivity contribution is -0.115. The van der Waals surface area contributed by atoms with E-state index in [0.717, 1.165) is 41.3 Å². The molecule has 0 atom stereocenters. The summed E-state index contributed by atoms with van der Waals surface area (Å²) in [6, 6.07) is 18.1. The fraction of sp³-hybridized carbons (Fsp3) is 0.350. The molecule has 3 nitrogen and oxygen atoms in total. The average Bonchev–Trinajstić information content (AvgIpc) is 2.62. The topological polar surface area (TPSA) is 55.1 Å². The Morgan fingerprint density at radius 1 is 0.920 bits per heavy atom. The van der Waals surface area contributed by atoms with Crippen molar-refractivity contribution in [2.45, 2.75) is 25.7 Å². The van der Waals surface area contributed by atoms with E-state index in [2.05, 4.69) is 17.4 Å². The molecule has 0 aliphatic carbocycles. The van der Waals surface area contributed by atoms with E-state index in [4.69, 9.17) is 5.73 Å². The van der Waals surface area contributed by atoms with Crippen molar-refractivity contribution in [2.24, 2.45) is 5.73 Å². The molecule has 3 N–H and O–H groups in total. The SMILES string of the molecule is Cl.NCCCCCSCCC(=O)Nc1ccccc1-c1ccccc1. The Hall–Kier alpha value is -1.49. The first-order valence-corrected chi connectivity index (χ1v) is 9.69. The summed E-state index contributed by atoms with van der Waals surface area (Å²) < 4.78 is 0. The zero-order chi connectivity index (χ0) is 17.0. The van der Waals surface area contributed by atoms with Crippen LogP contribution < -0.4 is 11.1 Å². The number of para-hydroxylation sites is 1. The molecule has 0 spiro atoms.